The molecule has 4 heteroatoms. The standard InChI is InChI=1S/C14H19N3O/c1-15-14(12-9-16-17(2)10-12)8-11-5-4-6-13(7-11)18-3/h4-7,9-10,14-15H,8H2,1-3H3. The predicted molar refractivity (Wildman–Crippen MR) is 71.7 cm³/mol. The van der Waals surface area contributed by atoms with Crippen LogP contribution in [0.5, 0.6) is 5.75 Å². The number of likely N-dealkylation sites (N-methyl/N-ethyl adjacent to an activating group) is 1. The molecule has 0 bridgehead atoms. The SMILES string of the molecule is CNC(Cc1cccc(OC)c1)c1cnn(C)c1. The van der Waals surface area contributed by atoms with Crippen LogP contribution in [0, 0.1) is 0 Å². The van der Waals surface area contributed by atoms with Crippen LogP contribution in [0.15, 0.2) is 36.7 Å². The first-order valence-electron chi connectivity index (χ1n) is 6.01. The third kappa shape index (κ3) is 2.90. The Bertz CT molecular complexity index is 507. The van der Waals surface area contributed by atoms with Gasteiger partial charge in [-0.25, -0.2) is 0 Å². The van der Waals surface area contributed by atoms with Crippen LogP contribution in [0.2, 0.25) is 0 Å². The van der Waals surface area contributed by atoms with E-state index in [-0.39, 0.29) is 6.04 Å². The largest absolute Gasteiger partial charge is 0.497 e. The van der Waals surface area contributed by atoms with E-state index in [0.717, 1.165) is 12.2 Å². The van der Waals surface area contributed by atoms with E-state index in [0.29, 0.717) is 0 Å². The zero-order chi connectivity index (χ0) is 13.0. The van der Waals surface area contributed by atoms with Gasteiger partial charge < -0.3 is 10.1 Å². The van der Waals surface area contributed by atoms with Gasteiger partial charge >= 0.3 is 0 Å². The molecular weight excluding hydrogens is 226 g/mol. The highest BCUT2D eigenvalue weighted by Crippen LogP contribution is 2.20. The second-order valence-electron chi connectivity index (χ2n) is 4.34. The van der Waals surface area contributed by atoms with Crippen molar-refractivity contribution in [1.82, 2.24) is 15.1 Å². The summed E-state index contributed by atoms with van der Waals surface area (Å²) >= 11 is 0. The summed E-state index contributed by atoms with van der Waals surface area (Å²) in [6, 6.07) is 8.43. The fourth-order valence-electron chi connectivity index (χ4n) is 2.04. The maximum absolute atomic E-state index is 5.24. The van der Waals surface area contributed by atoms with Crippen LogP contribution >= 0.6 is 0 Å². The number of aryl methyl sites for hydroxylation is 1. The molecule has 96 valence electrons. The molecular formula is C14H19N3O. The number of hydrogen-bond acceptors (Lipinski definition) is 3. The summed E-state index contributed by atoms with van der Waals surface area (Å²) in [6.07, 6.45) is 4.86. The van der Waals surface area contributed by atoms with E-state index in [9.17, 15) is 0 Å². The molecule has 0 aliphatic rings. The van der Waals surface area contributed by atoms with Gasteiger partial charge in [-0.15, -0.1) is 0 Å². The third-order valence-electron chi connectivity index (χ3n) is 3.05. The second kappa shape index (κ2) is 5.69. The molecule has 1 heterocycles. The maximum atomic E-state index is 5.24. The number of hydrogen-bond donors (Lipinski definition) is 1. The lowest BCUT2D eigenvalue weighted by atomic mass is 10.0. The van der Waals surface area contributed by atoms with E-state index in [4.69, 9.17) is 4.74 Å². The van der Waals surface area contributed by atoms with E-state index in [1.165, 1.54) is 11.1 Å². The normalized spacial score (nSPS) is 12.4. The maximum Gasteiger partial charge on any atom is 0.119 e. The molecule has 1 atom stereocenters. The van der Waals surface area contributed by atoms with Crippen molar-refractivity contribution in [2.75, 3.05) is 14.2 Å². The number of benzene rings is 1. The molecule has 0 aliphatic carbocycles. The number of nitrogens with zero attached hydrogens (tertiary/aromatic N) is 2. The van der Waals surface area contributed by atoms with Gasteiger partial charge in [-0.2, -0.15) is 5.10 Å². The molecule has 0 radical (unpaired) electrons. The van der Waals surface area contributed by atoms with Crippen molar-refractivity contribution in [2.24, 2.45) is 7.05 Å². The number of methoxy groups -OCH3 is 1. The zero-order valence-corrected chi connectivity index (χ0v) is 11.1. The zero-order valence-electron chi connectivity index (χ0n) is 11.1. The number of ether oxygens (including phenoxy) is 1. The van der Waals surface area contributed by atoms with Crippen molar-refractivity contribution in [1.29, 1.82) is 0 Å². The van der Waals surface area contributed by atoms with Crippen LogP contribution in [-0.4, -0.2) is 23.9 Å². The van der Waals surface area contributed by atoms with Gasteiger partial charge in [-0.05, 0) is 31.2 Å². The summed E-state index contributed by atoms with van der Waals surface area (Å²) in [5, 5.41) is 7.54. The minimum atomic E-state index is 0.269. The van der Waals surface area contributed by atoms with E-state index in [1.54, 1.807) is 7.11 Å². The lowest BCUT2D eigenvalue weighted by molar-refractivity contribution is 0.414. The fraction of sp³-hybridized carbons (Fsp3) is 0.357. The molecule has 0 amide bonds. The van der Waals surface area contributed by atoms with Crippen LogP contribution in [0.3, 0.4) is 0 Å². The fourth-order valence-corrected chi connectivity index (χ4v) is 2.04. The summed E-state index contributed by atoms with van der Waals surface area (Å²) < 4.78 is 7.07. The second-order valence-corrected chi connectivity index (χ2v) is 4.34. The van der Waals surface area contributed by atoms with E-state index < -0.39 is 0 Å². The highest BCUT2D eigenvalue weighted by atomic mass is 16.5. The van der Waals surface area contributed by atoms with E-state index >= 15 is 0 Å². The molecule has 1 unspecified atom stereocenters. The van der Waals surface area contributed by atoms with Crippen LogP contribution in [0.1, 0.15) is 17.2 Å². The van der Waals surface area contributed by atoms with Gasteiger partial charge in [0.1, 0.15) is 5.75 Å². The van der Waals surface area contributed by atoms with Crippen molar-refractivity contribution >= 4 is 0 Å². The average Bonchev–Trinajstić information content (AvgIpc) is 2.82. The van der Waals surface area contributed by atoms with Gasteiger partial charge in [-0.1, -0.05) is 12.1 Å². The summed E-state index contributed by atoms with van der Waals surface area (Å²) in [7, 11) is 5.59. The van der Waals surface area contributed by atoms with Crippen molar-refractivity contribution in [2.45, 2.75) is 12.5 Å². The lowest BCUT2D eigenvalue weighted by Gasteiger charge is -2.15. The van der Waals surface area contributed by atoms with Gasteiger partial charge in [0.25, 0.3) is 0 Å². The molecule has 4 nitrogen and oxygen atoms in total. The van der Waals surface area contributed by atoms with Gasteiger partial charge in [0.2, 0.25) is 0 Å². The van der Waals surface area contributed by atoms with Gasteiger partial charge in [0.15, 0.2) is 0 Å². The van der Waals surface area contributed by atoms with Crippen LogP contribution < -0.4 is 10.1 Å². The lowest BCUT2D eigenvalue weighted by Crippen LogP contribution is -2.18. The Morgan fingerprint density at radius 1 is 1.44 bits per heavy atom. The van der Waals surface area contributed by atoms with Gasteiger partial charge in [0, 0.05) is 24.8 Å². The third-order valence-corrected chi connectivity index (χ3v) is 3.05. The Morgan fingerprint density at radius 3 is 2.89 bits per heavy atom. The van der Waals surface area contributed by atoms with E-state index in [2.05, 4.69) is 22.5 Å². The van der Waals surface area contributed by atoms with Crippen molar-refractivity contribution in [3.05, 3.63) is 47.8 Å². The van der Waals surface area contributed by atoms with Crippen molar-refractivity contribution in [3.8, 4) is 5.75 Å². The number of rotatable bonds is 5. The summed E-state index contributed by atoms with van der Waals surface area (Å²) in [5.41, 5.74) is 2.44. The average molecular weight is 245 g/mol. The molecule has 0 saturated heterocycles. The van der Waals surface area contributed by atoms with E-state index in [1.807, 2.05) is 43.3 Å². The van der Waals surface area contributed by atoms with Crippen LogP contribution in [0.25, 0.3) is 0 Å². The topological polar surface area (TPSA) is 39.1 Å². The number of aromatic nitrogens is 2. The Kier molecular flexibility index (Phi) is 3.99. The molecule has 0 aliphatic heterocycles. The molecule has 0 saturated carbocycles. The molecule has 0 fully saturated rings. The van der Waals surface area contributed by atoms with Gasteiger partial charge in [-0.3, -0.25) is 4.68 Å². The summed E-state index contributed by atoms with van der Waals surface area (Å²) in [5.74, 6) is 0.897. The monoisotopic (exact) mass is 245 g/mol. The highest BCUT2D eigenvalue weighted by molar-refractivity contribution is 5.30. The van der Waals surface area contributed by atoms with Crippen molar-refractivity contribution in [3.63, 3.8) is 0 Å². The Hall–Kier alpha value is -1.81. The number of nitrogens with one attached hydrogen (secondary N) is 1. The molecule has 0 spiro atoms. The molecule has 2 rings (SSSR count). The van der Waals surface area contributed by atoms with Crippen molar-refractivity contribution < 1.29 is 4.74 Å². The minimum absolute atomic E-state index is 0.269. The minimum Gasteiger partial charge on any atom is -0.497 e. The summed E-state index contributed by atoms with van der Waals surface area (Å²) in [4.78, 5) is 0. The molecule has 18 heavy (non-hydrogen) atoms. The van der Waals surface area contributed by atoms with Gasteiger partial charge in [0.05, 0.1) is 13.3 Å². The van der Waals surface area contributed by atoms with Crippen LogP contribution in [0.4, 0.5) is 0 Å². The Labute approximate surface area is 108 Å². The first kappa shape index (κ1) is 12.6. The molecule has 1 aromatic carbocycles. The first-order valence-corrected chi connectivity index (χ1v) is 6.01. The summed E-state index contributed by atoms with van der Waals surface area (Å²) in [6.45, 7) is 0. The molecule has 2 aromatic rings. The van der Waals surface area contributed by atoms with Crippen LogP contribution in [-0.2, 0) is 13.5 Å². The molecule has 1 N–H and O–H groups in total. The molecule has 1 aromatic heterocycles. The smallest absolute Gasteiger partial charge is 0.119 e. The predicted octanol–water partition coefficient (Wildman–Crippen LogP) is 1.93. The Morgan fingerprint density at radius 2 is 2.28 bits per heavy atom. The Balaban J connectivity index is 2.14. The highest BCUT2D eigenvalue weighted by Gasteiger charge is 2.12. The first-order chi connectivity index (χ1) is 8.72. The quantitative estimate of drug-likeness (QED) is 0.875.